The summed E-state index contributed by atoms with van der Waals surface area (Å²) in [4.78, 5) is 13.8. The average molecular weight is 280 g/mol. The van der Waals surface area contributed by atoms with Crippen LogP contribution in [0, 0.1) is 0 Å². The Morgan fingerprint density at radius 3 is 2.94 bits per heavy atom. The van der Waals surface area contributed by atoms with Crippen LogP contribution in [0.1, 0.15) is 12.5 Å². The molecule has 2 aromatic rings. The predicted octanol–water partition coefficient (Wildman–Crippen LogP) is 3.42. The maximum absolute atomic E-state index is 10.7. The minimum absolute atomic E-state index is 0.320. The van der Waals surface area contributed by atoms with E-state index in [2.05, 4.69) is 20.9 Å². The van der Waals surface area contributed by atoms with Gasteiger partial charge in [-0.05, 0) is 31.2 Å². The molecule has 0 aliphatic heterocycles. The third-order valence-electron chi connectivity index (χ3n) is 2.39. The number of fused-ring (bicyclic) bond motifs is 1. The van der Waals surface area contributed by atoms with Crippen LogP contribution >= 0.6 is 15.9 Å². The number of aromatic nitrogens is 1. The van der Waals surface area contributed by atoms with E-state index in [-0.39, 0.29) is 0 Å². The number of H-pyrrole nitrogens is 1. The van der Waals surface area contributed by atoms with Crippen LogP contribution in [0.4, 0.5) is 0 Å². The van der Waals surface area contributed by atoms with Crippen LogP contribution in [0.5, 0.6) is 0 Å². The van der Waals surface area contributed by atoms with E-state index in [0.29, 0.717) is 5.57 Å². The maximum Gasteiger partial charge on any atom is 0.331 e. The second-order valence-corrected chi connectivity index (χ2v) is 4.48. The van der Waals surface area contributed by atoms with Crippen molar-refractivity contribution < 1.29 is 9.90 Å². The van der Waals surface area contributed by atoms with Gasteiger partial charge >= 0.3 is 5.97 Å². The quantitative estimate of drug-likeness (QED) is 0.828. The molecule has 2 N–H and O–H groups in total. The molecule has 0 aliphatic rings. The molecule has 0 spiro atoms. The Balaban J connectivity index is 2.57. The fourth-order valence-corrected chi connectivity index (χ4v) is 1.89. The zero-order valence-corrected chi connectivity index (χ0v) is 10.2. The first-order chi connectivity index (χ1) is 7.58. The number of halogens is 1. The lowest BCUT2D eigenvalue weighted by atomic mass is 10.1. The van der Waals surface area contributed by atoms with Crippen molar-refractivity contribution in [3.8, 4) is 0 Å². The molecule has 0 fully saturated rings. The van der Waals surface area contributed by atoms with Gasteiger partial charge in [0.15, 0.2) is 0 Å². The number of carboxylic acid groups (broad SMARTS) is 1. The van der Waals surface area contributed by atoms with E-state index in [1.807, 2.05) is 24.4 Å². The summed E-state index contributed by atoms with van der Waals surface area (Å²) < 4.78 is 0.974. The number of benzene rings is 1. The number of nitrogens with one attached hydrogen (secondary N) is 1. The van der Waals surface area contributed by atoms with Crippen molar-refractivity contribution in [2.75, 3.05) is 0 Å². The number of aliphatic carboxylic acids is 1. The molecule has 0 amide bonds. The normalized spacial score (nSPS) is 12.0. The second kappa shape index (κ2) is 4.14. The zero-order chi connectivity index (χ0) is 11.7. The first-order valence-electron chi connectivity index (χ1n) is 4.76. The molecule has 1 heterocycles. The Kier molecular flexibility index (Phi) is 2.83. The van der Waals surface area contributed by atoms with E-state index >= 15 is 0 Å². The molecule has 0 aliphatic carbocycles. The third-order valence-corrected chi connectivity index (χ3v) is 2.88. The first kappa shape index (κ1) is 11.0. The van der Waals surface area contributed by atoms with Crippen molar-refractivity contribution >= 4 is 38.9 Å². The molecule has 2 rings (SSSR count). The summed E-state index contributed by atoms with van der Waals surface area (Å²) in [6.07, 6.45) is 3.47. The van der Waals surface area contributed by atoms with Crippen molar-refractivity contribution in [2.24, 2.45) is 0 Å². The van der Waals surface area contributed by atoms with Gasteiger partial charge in [0.1, 0.15) is 0 Å². The maximum atomic E-state index is 10.7. The molecule has 0 unspecified atom stereocenters. The summed E-state index contributed by atoms with van der Waals surface area (Å²) in [5.74, 6) is -0.899. The van der Waals surface area contributed by atoms with Gasteiger partial charge in [0.05, 0.1) is 0 Å². The van der Waals surface area contributed by atoms with Gasteiger partial charge in [-0.3, -0.25) is 0 Å². The summed E-state index contributed by atoms with van der Waals surface area (Å²) in [7, 11) is 0. The van der Waals surface area contributed by atoms with E-state index in [9.17, 15) is 4.79 Å². The average Bonchev–Trinajstić information content (AvgIpc) is 2.61. The Morgan fingerprint density at radius 1 is 1.50 bits per heavy atom. The monoisotopic (exact) mass is 279 g/mol. The van der Waals surface area contributed by atoms with Crippen LogP contribution in [-0.4, -0.2) is 16.1 Å². The Hall–Kier alpha value is -1.55. The zero-order valence-electron chi connectivity index (χ0n) is 8.62. The van der Waals surface area contributed by atoms with Crippen LogP contribution in [-0.2, 0) is 4.79 Å². The van der Waals surface area contributed by atoms with Crippen molar-refractivity contribution in [1.82, 2.24) is 4.98 Å². The summed E-state index contributed by atoms with van der Waals surface area (Å²) in [5, 5.41) is 9.83. The largest absolute Gasteiger partial charge is 0.478 e. The van der Waals surface area contributed by atoms with Crippen LogP contribution in [0.3, 0.4) is 0 Å². The van der Waals surface area contributed by atoms with Gasteiger partial charge in [-0.1, -0.05) is 15.9 Å². The molecular weight excluding hydrogens is 270 g/mol. The van der Waals surface area contributed by atoms with Crippen LogP contribution in [0.15, 0.2) is 34.4 Å². The van der Waals surface area contributed by atoms with Gasteiger partial charge in [-0.15, -0.1) is 0 Å². The van der Waals surface area contributed by atoms with E-state index in [1.54, 1.807) is 13.0 Å². The summed E-state index contributed by atoms with van der Waals surface area (Å²) in [5.41, 5.74) is 2.20. The van der Waals surface area contributed by atoms with Crippen LogP contribution in [0.25, 0.3) is 17.0 Å². The summed E-state index contributed by atoms with van der Waals surface area (Å²) >= 11 is 3.40. The topological polar surface area (TPSA) is 53.1 Å². The number of aromatic amines is 1. The van der Waals surface area contributed by atoms with Gasteiger partial charge in [0, 0.05) is 32.7 Å². The van der Waals surface area contributed by atoms with E-state index < -0.39 is 5.97 Å². The summed E-state index contributed by atoms with van der Waals surface area (Å²) in [6, 6.07) is 5.86. The highest BCUT2D eigenvalue weighted by atomic mass is 79.9. The lowest BCUT2D eigenvalue weighted by Gasteiger charge is -1.95. The highest BCUT2D eigenvalue weighted by Gasteiger charge is 2.05. The lowest BCUT2D eigenvalue weighted by Crippen LogP contribution is -1.94. The van der Waals surface area contributed by atoms with Crippen LogP contribution in [0.2, 0.25) is 0 Å². The van der Waals surface area contributed by atoms with E-state index in [1.165, 1.54) is 0 Å². The van der Waals surface area contributed by atoms with E-state index in [4.69, 9.17) is 5.11 Å². The van der Waals surface area contributed by atoms with Crippen LogP contribution < -0.4 is 0 Å². The molecule has 0 bridgehead atoms. The minimum Gasteiger partial charge on any atom is -0.478 e. The molecule has 4 heteroatoms. The lowest BCUT2D eigenvalue weighted by molar-refractivity contribution is -0.132. The fraction of sp³-hybridized carbons (Fsp3) is 0.0833. The number of hydrogen-bond acceptors (Lipinski definition) is 1. The third kappa shape index (κ3) is 2.02. The molecular formula is C12H10BrNO2. The Labute approximate surface area is 101 Å². The van der Waals surface area contributed by atoms with Gasteiger partial charge < -0.3 is 10.1 Å². The molecule has 0 radical (unpaired) electrons. The number of carbonyl (C=O) groups is 1. The minimum atomic E-state index is -0.899. The Morgan fingerprint density at radius 2 is 2.25 bits per heavy atom. The highest BCUT2D eigenvalue weighted by molar-refractivity contribution is 9.10. The number of carboxylic acids is 1. The van der Waals surface area contributed by atoms with E-state index in [0.717, 1.165) is 20.9 Å². The SMILES string of the molecule is C/C(=C\c1c[nH]c2ccc(Br)cc12)C(=O)O. The molecule has 1 aromatic carbocycles. The number of hydrogen-bond donors (Lipinski definition) is 2. The van der Waals surface area contributed by atoms with Crippen molar-refractivity contribution in [2.45, 2.75) is 6.92 Å². The predicted molar refractivity (Wildman–Crippen MR) is 67.3 cm³/mol. The smallest absolute Gasteiger partial charge is 0.331 e. The molecule has 82 valence electrons. The molecule has 3 nitrogen and oxygen atoms in total. The van der Waals surface area contributed by atoms with Gasteiger partial charge in [-0.2, -0.15) is 0 Å². The highest BCUT2D eigenvalue weighted by Crippen LogP contribution is 2.24. The van der Waals surface area contributed by atoms with Crippen molar-refractivity contribution in [3.63, 3.8) is 0 Å². The molecule has 1 aromatic heterocycles. The van der Waals surface area contributed by atoms with Crippen molar-refractivity contribution in [3.05, 3.63) is 40.0 Å². The molecule has 16 heavy (non-hydrogen) atoms. The summed E-state index contributed by atoms with van der Waals surface area (Å²) in [6.45, 7) is 1.58. The van der Waals surface area contributed by atoms with Gasteiger partial charge in [-0.25, -0.2) is 4.79 Å². The molecule has 0 saturated heterocycles. The standard InChI is InChI=1S/C12H10BrNO2/c1-7(12(15)16)4-8-6-14-11-3-2-9(13)5-10(8)11/h2-6,14H,1H3,(H,15,16)/b7-4+. The van der Waals surface area contributed by atoms with Gasteiger partial charge in [0.25, 0.3) is 0 Å². The molecule has 0 atom stereocenters. The first-order valence-corrected chi connectivity index (χ1v) is 5.55. The van der Waals surface area contributed by atoms with Crippen molar-refractivity contribution in [1.29, 1.82) is 0 Å². The fourth-order valence-electron chi connectivity index (χ4n) is 1.53. The molecule has 0 saturated carbocycles. The van der Waals surface area contributed by atoms with Gasteiger partial charge in [0.2, 0.25) is 0 Å². The Bertz CT molecular complexity index is 584. The number of rotatable bonds is 2. The second-order valence-electron chi connectivity index (χ2n) is 3.57.